The van der Waals surface area contributed by atoms with Gasteiger partial charge in [-0.3, -0.25) is 0 Å². The molecule has 0 spiro atoms. The second-order valence-corrected chi connectivity index (χ2v) is 18.0. The van der Waals surface area contributed by atoms with E-state index in [1.807, 2.05) is 0 Å². The van der Waals surface area contributed by atoms with Crippen LogP contribution in [-0.2, 0) is 0 Å². The molecule has 0 heterocycles. The third-order valence-corrected chi connectivity index (χ3v) is 14.3. The summed E-state index contributed by atoms with van der Waals surface area (Å²) < 4.78 is 0. The van der Waals surface area contributed by atoms with Gasteiger partial charge in [0.25, 0.3) is 0 Å². The van der Waals surface area contributed by atoms with Crippen LogP contribution in [0.4, 0.5) is 0 Å². The molecule has 0 bridgehead atoms. The molecule has 14 aromatic carbocycles. The van der Waals surface area contributed by atoms with Crippen molar-refractivity contribution in [2.45, 2.75) is 0 Å². The molecule has 0 saturated carbocycles. The maximum absolute atomic E-state index is 2.44. The number of hydrogen-bond donors (Lipinski definition) is 0. The molecule has 0 amide bonds. The Kier molecular flexibility index (Phi) is 8.08. The first-order valence-corrected chi connectivity index (χ1v) is 23.0. The largest absolute Gasteiger partial charge is 0.0616 e. The molecule has 0 saturated heterocycles. The first-order valence-electron chi connectivity index (χ1n) is 23.0. The van der Waals surface area contributed by atoms with Crippen LogP contribution in [0.2, 0.25) is 0 Å². The van der Waals surface area contributed by atoms with E-state index in [9.17, 15) is 0 Å². The summed E-state index contributed by atoms with van der Waals surface area (Å²) in [6, 6.07) is 90.6. The Morgan fingerprint density at radius 1 is 0.152 bits per heavy atom. The van der Waals surface area contributed by atoms with Gasteiger partial charge in [0.05, 0.1) is 0 Å². The number of benzene rings is 14. The standard InChI is InChI=1S/C66H40/c1-3-15-52-43(13-1)37-62(56-19-7-5-17-54(52)56)45-29-25-41-27-31-47(35-49(41)33-45)64-39-51-40-65(59-22-10-12-24-61(59)66(51)60-23-11-9-21-58(60)64)48-32-28-42-26-30-46(34-50(42)36-48)63-38-44-14-2-4-16-53(44)55-18-6-8-20-57(55)63/h1-40H. The van der Waals surface area contributed by atoms with Gasteiger partial charge in [-0.2, -0.15) is 0 Å². The predicted octanol–water partition coefficient (Wildman–Crippen LogP) is 18.7. The SMILES string of the molecule is c1ccc2c(c1)cc(-c1ccc3ccc(-c4cc5cc(-c6ccc7ccc(-c8cc9ccccc9c9ccccc89)cc7c6)c6ccccc6c5c5ccccc45)cc3c1)c1ccccc12. The minimum atomic E-state index is 1.22. The van der Waals surface area contributed by atoms with Crippen molar-refractivity contribution in [3.8, 4) is 44.5 Å². The Morgan fingerprint density at radius 2 is 0.424 bits per heavy atom. The Labute approximate surface area is 382 Å². The number of rotatable bonds is 4. The van der Waals surface area contributed by atoms with Crippen LogP contribution < -0.4 is 0 Å². The Hall–Kier alpha value is -8.58. The fraction of sp³-hybridized carbons (Fsp3) is 0. The Bertz CT molecular complexity index is 4060. The Balaban J connectivity index is 0.938. The average Bonchev–Trinajstić information content (AvgIpc) is 3.39. The molecule has 0 unspecified atom stereocenters. The summed E-state index contributed by atoms with van der Waals surface area (Å²) >= 11 is 0. The van der Waals surface area contributed by atoms with Gasteiger partial charge in [0.2, 0.25) is 0 Å². The fourth-order valence-corrected chi connectivity index (χ4v) is 11.2. The molecular formula is C66H40. The summed E-state index contributed by atoms with van der Waals surface area (Å²) in [5.41, 5.74) is 9.91. The molecule has 0 radical (unpaired) electrons. The number of fused-ring (bicyclic) bond motifs is 13. The van der Waals surface area contributed by atoms with Crippen molar-refractivity contribution in [2.75, 3.05) is 0 Å². The maximum atomic E-state index is 2.44. The van der Waals surface area contributed by atoms with Crippen molar-refractivity contribution < 1.29 is 0 Å². The van der Waals surface area contributed by atoms with E-state index >= 15 is 0 Å². The fourth-order valence-electron chi connectivity index (χ4n) is 11.2. The van der Waals surface area contributed by atoms with Gasteiger partial charge in [-0.05, 0) is 190 Å². The lowest BCUT2D eigenvalue weighted by Crippen LogP contribution is -1.90. The molecule has 0 aromatic heterocycles. The van der Waals surface area contributed by atoms with E-state index < -0.39 is 0 Å². The third kappa shape index (κ3) is 5.72. The van der Waals surface area contributed by atoms with Crippen molar-refractivity contribution in [1.29, 1.82) is 0 Å². The van der Waals surface area contributed by atoms with E-state index in [4.69, 9.17) is 0 Å². The van der Waals surface area contributed by atoms with Crippen LogP contribution in [0.3, 0.4) is 0 Å². The van der Waals surface area contributed by atoms with Crippen molar-refractivity contribution in [3.05, 3.63) is 243 Å². The van der Waals surface area contributed by atoms with Gasteiger partial charge < -0.3 is 0 Å². The van der Waals surface area contributed by atoms with E-state index in [1.165, 1.54) is 141 Å². The predicted molar refractivity (Wildman–Crippen MR) is 286 cm³/mol. The summed E-state index contributed by atoms with van der Waals surface area (Å²) in [6.45, 7) is 0. The summed E-state index contributed by atoms with van der Waals surface area (Å²) in [5, 5.41) is 22.8. The average molecular weight is 833 g/mol. The van der Waals surface area contributed by atoms with E-state index in [2.05, 4.69) is 243 Å². The van der Waals surface area contributed by atoms with Crippen LogP contribution in [0.1, 0.15) is 0 Å². The van der Waals surface area contributed by atoms with Crippen LogP contribution in [0.5, 0.6) is 0 Å². The van der Waals surface area contributed by atoms with Crippen molar-refractivity contribution in [3.63, 3.8) is 0 Å². The van der Waals surface area contributed by atoms with Crippen LogP contribution in [-0.4, -0.2) is 0 Å². The molecule has 0 aliphatic heterocycles. The van der Waals surface area contributed by atoms with Crippen molar-refractivity contribution in [2.24, 2.45) is 0 Å². The smallest absolute Gasteiger partial charge is 0.00259 e. The first kappa shape index (κ1) is 36.9. The van der Waals surface area contributed by atoms with Crippen LogP contribution in [0.25, 0.3) is 141 Å². The molecular weight excluding hydrogens is 793 g/mol. The van der Waals surface area contributed by atoms with Gasteiger partial charge in [-0.1, -0.05) is 194 Å². The summed E-state index contributed by atoms with van der Waals surface area (Å²) in [5.74, 6) is 0. The molecule has 0 N–H and O–H groups in total. The van der Waals surface area contributed by atoms with Crippen LogP contribution in [0, 0.1) is 0 Å². The van der Waals surface area contributed by atoms with Crippen molar-refractivity contribution in [1.82, 2.24) is 0 Å². The highest BCUT2D eigenvalue weighted by molar-refractivity contribution is 6.26. The van der Waals surface area contributed by atoms with E-state index in [-0.39, 0.29) is 0 Å². The lowest BCUT2D eigenvalue weighted by atomic mass is 9.86. The lowest BCUT2D eigenvalue weighted by Gasteiger charge is -2.17. The zero-order valence-electron chi connectivity index (χ0n) is 36.1. The van der Waals surface area contributed by atoms with Gasteiger partial charge in [0.1, 0.15) is 0 Å². The molecule has 0 heteroatoms. The molecule has 66 heavy (non-hydrogen) atoms. The van der Waals surface area contributed by atoms with Gasteiger partial charge >= 0.3 is 0 Å². The Morgan fingerprint density at radius 3 is 0.788 bits per heavy atom. The van der Waals surface area contributed by atoms with Crippen LogP contribution in [0.15, 0.2) is 243 Å². The minimum Gasteiger partial charge on any atom is -0.0616 e. The summed E-state index contributed by atoms with van der Waals surface area (Å²) in [7, 11) is 0. The van der Waals surface area contributed by atoms with Gasteiger partial charge in [-0.15, -0.1) is 0 Å². The molecule has 14 aromatic rings. The van der Waals surface area contributed by atoms with Crippen molar-refractivity contribution >= 4 is 97.0 Å². The lowest BCUT2D eigenvalue weighted by molar-refractivity contribution is 1.67. The molecule has 304 valence electrons. The van der Waals surface area contributed by atoms with E-state index in [0.717, 1.165) is 0 Å². The molecule has 0 nitrogen and oxygen atoms in total. The highest BCUT2D eigenvalue weighted by Crippen LogP contribution is 2.44. The monoisotopic (exact) mass is 832 g/mol. The van der Waals surface area contributed by atoms with E-state index in [0.29, 0.717) is 0 Å². The normalized spacial score (nSPS) is 11.9. The highest BCUT2D eigenvalue weighted by atomic mass is 14.2. The summed E-state index contributed by atoms with van der Waals surface area (Å²) in [6.07, 6.45) is 0. The highest BCUT2D eigenvalue weighted by Gasteiger charge is 2.17. The summed E-state index contributed by atoms with van der Waals surface area (Å²) in [4.78, 5) is 0. The second kappa shape index (κ2) is 14.5. The molecule has 0 atom stereocenters. The zero-order chi connectivity index (χ0) is 43.3. The topological polar surface area (TPSA) is 0 Å². The zero-order valence-corrected chi connectivity index (χ0v) is 36.1. The van der Waals surface area contributed by atoms with Crippen LogP contribution >= 0.6 is 0 Å². The molecule has 14 rings (SSSR count). The molecule has 0 fully saturated rings. The number of hydrogen-bond acceptors (Lipinski definition) is 0. The quantitative estimate of drug-likeness (QED) is 0.155. The van der Waals surface area contributed by atoms with Gasteiger partial charge in [-0.25, -0.2) is 0 Å². The second-order valence-electron chi connectivity index (χ2n) is 18.0. The van der Waals surface area contributed by atoms with E-state index in [1.54, 1.807) is 0 Å². The molecule has 0 aliphatic carbocycles. The first-order chi connectivity index (χ1) is 32.7. The maximum Gasteiger partial charge on any atom is -0.00259 e. The van der Waals surface area contributed by atoms with Gasteiger partial charge in [0, 0.05) is 0 Å². The van der Waals surface area contributed by atoms with Gasteiger partial charge in [0.15, 0.2) is 0 Å². The minimum absolute atomic E-state index is 1.22. The molecule has 0 aliphatic rings. The third-order valence-electron chi connectivity index (χ3n) is 14.3.